The second-order valence-corrected chi connectivity index (χ2v) is 7.44. The maximum absolute atomic E-state index is 14.4. The predicted molar refractivity (Wildman–Crippen MR) is 100 cm³/mol. The molecule has 166 valence electrons. The zero-order chi connectivity index (χ0) is 23.5. The van der Waals surface area contributed by atoms with Gasteiger partial charge in [-0.25, -0.2) is 18.0 Å². The van der Waals surface area contributed by atoms with Crippen molar-refractivity contribution in [2.24, 2.45) is 0 Å². The lowest BCUT2D eigenvalue weighted by atomic mass is 10.1. The van der Waals surface area contributed by atoms with Gasteiger partial charge >= 0.3 is 11.5 Å². The average molecular weight is 464 g/mol. The highest BCUT2D eigenvalue weighted by Gasteiger charge is 2.46. The lowest BCUT2D eigenvalue weighted by Crippen LogP contribution is -2.45. The maximum atomic E-state index is 14.4. The fraction of sp³-hybridized carbons (Fsp3) is 0.158. The molecular weight excluding hydrogens is 450 g/mol. The highest BCUT2D eigenvalue weighted by molar-refractivity contribution is 7.92. The molecule has 1 unspecified atom stereocenters. The molecule has 2 rings (SSSR count). The fourth-order valence-corrected chi connectivity index (χ4v) is 3.18. The number of benzene rings is 2. The number of halogens is 6. The Bertz CT molecular complexity index is 994. The monoisotopic (exact) mass is 464 g/mol. The highest BCUT2D eigenvalue weighted by atomic mass is 32.2. The molecule has 1 atom stereocenters. The summed E-state index contributed by atoms with van der Waals surface area (Å²) in [5.74, 6) is -5.18. The van der Waals surface area contributed by atoms with Crippen molar-refractivity contribution in [3.05, 3.63) is 72.1 Å². The lowest BCUT2D eigenvalue weighted by Gasteiger charge is -2.26. The molecule has 0 saturated carbocycles. The summed E-state index contributed by atoms with van der Waals surface area (Å²) < 4.78 is 91.3. The third kappa shape index (κ3) is 5.20. The summed E-state index contributed by atoms with van der Waals surface area (Å²) in [6.07, 6.45) is 1.08. The summed E-state index contributed by atoms with van der Waals surface area (Å²) in [5.41, 5.74) is -6.71. The van der Waals surface area contributed by atoms with Crippen LogP contribution in [0.1, 0.15) is 10.4 Å². The van der Waals surface area contributed by atoms with E-state index in [1.165, 1.54) is 0 Å². The van der Waals surface area contributed by atoms with Crippen LogP contribution in [0.5, 0.6) is 0 Å². The van der Waals surface area contributed by atoms with E-state index in [0.29, 0.717) is 21.9 Å². The molecule has 0 bridgehead atoms. The summed E-state index contributed by atoms with van der Waals surface area (Å²) in [7, 11) is 0.988. The van der Waals surface area contributed by atoms with Crippen LogP contribution in [-0.2, 0) is 11.2 Å². The van der Waals surface area contributed by atoms with Gasteiger partial charge in [-0.15, -0.1) is 19.8 Å². The Hall–Kier alpha value is -2.99. The van der Waals surface area contributed by atoms with Gasteiger partial charge in [0.25, 0.3) is 5.91 Å². The number of nitrogens with zero attached hydrogens (tertiary/aromatic N) is 2. The van der Waals surface area contributed by atoms with Crippen LogP contribution in [0.25, 0.3) is 0 Å². The first-order valence-corrected chi connectivity index (χ1v) is 9.47. The SMILES string of the molecule is C=CCN(C(=O)c1c(F)cccc1F)C(=O)N(C)c1ccc([S+]([O-])C(F)(F)F)cc1F. The number of alkyl halides is 3. The quantitative estimate of drug-likeness (QED) is 0.369. The zero-order valence-corrected chi connectivity index (χ0v) is 16.6. The van der Waals surface area contributed by atoms with Crippen LogP contribution in [0.4, 0.5) is 36.8 Å². The van der Waals surface area contributed by atoms with E-state index in [1.54, 1.807) is 0 Å². The van der Waals surface area contributed by atoms with Crippen LogP contribution >= 0.6 is 0 Å². The van der Waals surface area contributed by atoms with Gasteiger partial charge in [0.1, 0.15) is 17.2 Å². The van der Waals surface area contributed by atoms with E-state index < -0.39 is 68.8 Å². The lowest BCUT2D eigenvalue weighted by molar-refractivity contribution is -0.0435. The van der Waals surface area contributed by atoms with Gasteiger partial charge in [-0.2, -0.15) is 0 Å². The zero-order valence-electron chi connectivity index (χ0n) is 15.8. The van der Waals surface area contributed by atoms with Gasteiger partial charge < -0.3 is 4.55 Å². The molecule has 0 aliphatic heterocycles. The smallest absolute Gasteiger partial charge is 0.578 e. The summed E-state index contributed by atoms with van der Waals surface area (Å²) >= 11 is -3.50. The maximum Gasteiger partial charge on any atom is 0.578 e. The molecule has 0 aromatic heterocycles. The van der Waals surface area contributed by atoms with Crippen molar-refractivity contribution in [1.29, 1.82) is 0 Å². The summed E-state index contributed by atoms with van der Waals surface area (Å²) in [5, 5.41) is 0. The van der Waals surface area contributed by atoms with E-state index >= 15 is 0 Å². The number of anilines is 1. The third-order valence-corrected chi connectivity index (χ3v) is 5.06. The molecule has 12 heteroatoms. The minimum Gasteiger partial charge on any atom is -0.604 e. The molecule has 31 heavy (non-hydrogen) atoms. The summed E-state index contributed by atoms with van der Waals surface area (Å²) in [6.45, 7) is 2.83. The summed E-state index contributed by atoms with van der Waals surface area (Å²) in [4.78, 5) is 25.4. The minimum atomic E-state index is -5.12. The molecule has 5 nitrogen and oxygen atoms in total. The number of carbonyl (C=O) groups is 2. The van der Waals surface area contributed by atoms with Gasteiger partial charge in [-0.1, -0.05) is 12.1 Å². The van der Waals surface area contributed by atoms with Crippen molar-refractivity contribution >= 4 is 28.8 Å². The minimum absolute atomic E-state index is 0.332. The first-order chi connectivity index (χ1) is 14.4. The number of hydrogen-bond acceptors (Lipinski definition) is 3. The molecule has 0 heterocycles. The van der Waals surface area contributed by atoms with Crippen molar-refractivity contribution in [2.75, 3.05) is 18.5 Å². The summed E-state index contributed by atoms with van der Waals surface area (Å²) in [6, 6.07) is 3.16. The number of hydrogen-bond donors (Lipinski definition) is 0. The predicted octanol–water partition coefficient (Wildman–Crippen LogP) is 4.62. The van der Waals surface area contributed by atoms with E-state index in [1.807, 2.05) is 0 Å². The molecule has 0 aliphatic rings. The third-order valence-electron chi connectivity index (χ3n) is 3.96. The number of rotatable bonds is 5. The van der Waals surface area contributed by atoms with Crippen molar-refractivity contribution in [2.45, 2.75) is 10.4 Å². The van der Waals surface area contributed by atoms with Crippen molar-refractivity contribution in [3.8, 4) is 0 Å². The number of amides is 3. The molecule has 0 aliphatic carbocycles. The van der Waals surface area contributed by atoms with Gasteiger partial charge in [0.15, 0.2) is 10.7 Å². The highest BCUT2D eigenvalue weighted by Crippen LogP contribution is 2.32. The fourth-order valence-electron chi connectivity index (χ4n) is 2.51. The van der Waals surface area contributed by atoms with E-state index in [4.69, 9.17) is 0 Å². The number of carbonyl (C=O) groups excluding carboxylic acids is 2. The Balaban J connectivity index is 2.38. The molecule has 0 N–H and O–H groups in total. The van der Waals surface area contributed by atoms with E-state index in [-0.39, 0.29) is 0 Å². The van der Waals surface area contributed by atoms with Crippen molar-refractivity contribution in [1.82, 2.24) is 4.90 Å². The first-order valence-electron chi connectivity index (χ1n) is 8.32. The molecule has 0 radical (unpaired) electrons. The Kier molecular flexibility index (Phi) is 7.39. The normalized spacial score (nSPS) is 12.3. The standard InChI is InChI=1S/C19H14F6N2O3S/c1-3-9-27(17(28)16-12(20)5-4-6-13(16)21)18(29)26(2)15-8-7-11(10-14(15)22)31(30)19(23,24)25/h3-8,10H,1,9H2,2H3. The second-order valence-electron chi connectivity index (χ2n) is 5.97. The van der Waals surface area contributed by atoms with Gasteiger partial charge in [0, 0.05) is 19.7 Å². The van der Waals surface area contributed by atoms with Gasteiger partial charge in [-0.3, -0.25) is 14.6 Å². The van der Waals surface area contributed by atoms with Gasteiger partial charge in [-0.05, 0) is 24.3 Å². The molecule has 0 spiro atoms. The Morgan fingerprint density at radius 3 is 2.16 bits per heavy atom. The van der Waals surface area contributed by atoms with Crippen molar-refractivity contribution < 1.29 is 40.5 Å². The average Bonchev–Trinajstić information content (AvgIpc) is 2.69. The Morgan fingerprint density at radius 1 is 1.10 bits per heavy atom. The van der Waals surface area contributed by atoms with Crippen molar-refractivity contribution in [3.63, 3.8) is 0 Å². The molecule has 0 saturated heterocycles. The van der Waals surface area contributed by atoms with Crippen LogP contribution in [0, 0.1) is 17.5 Å². The van der Waals surface area contributed by atoms with Crippen LogP contribution in [-0.4, -0.2) is 40.5 Å². The molecular formula is C19H14F6N2O3S. The van der Waals surface area contributed by atoms with Crippen LogP contribution in [0.2, 0.25) is 0 Å². The second kappa shape index (κ2) is 9.43. The van der Waals surface area contributed by atoms with E-state index in [0.717, 1.165) is 37.4 Å². The van der Waals surface area contributed by atoms with Crippen LogP contribution in [0.3, 0.4) is 0 Å². The Labute approximate surface area is 175 Å². The molecule has 0 fully saturated rings. The number of imide groups is 1. The van der Waals surface area contributed by atoms with E-state index in [9.17, 15) is 40.5 Å². The first kappa shape index (κ1) is 24.3. The molecule has 2 aromatic rings. The Morgan fingerprint density at radius 2 is 1.68 bits per heavy atom. The topological polar surface area (TPSA) is 63.7 Å². The van der Waals surface area contributed by atoms with E-state index in [2.05, 4.69) is 6.58 Å². The molecule has 2 aromatic carbocycles. The van der Waals surface area contributed by atoms with Gasteiger partial charge in [0.2, 0.25) is 0 Å². The van der Waals surface area contributed by atoms with Crippen LogP contribution in [0.15, 0.2) is 53.9 Å². The van der Waals surface area contributed by atoms with Crippen LogP contribution < -0.4 is 4.90 Å². The largest absolute Gasteiger partial charge is 0.604 e. The van der Waals surface area contributed by atoms with Gasteiger partial charge in [0.05, 0.1) is 16.9 Å². The molecule has 3 amide bonds. The number of urea groups is 1.